The summed E-state index contributed by atoms with van der Waals surface area (Å²) in [5.41, 5.74) is 1.58. The van der Waals surface area contributed by atoms with Gasteiger partial charge in [-0.3, -0.25) is 9.59 Å². The fourth-order valence-electron chi connectivity index (χ4n) is 3.06. The Hall–Kier alpha value is -2.04. The highest BCUT2D eigenvalue weighted by Gasteiger charge is 2.39. The van der Waals surface area contributed by atoms with Gasteiger partial charge in [0.05, 0.1) is 20.3 Å². The molecule has 2 aliphatic heterocycles. The highest BCUT2D eigenvalue weighted by molar-refractivity contribution is 6.05. The van der Waals surface area contributed by atoms with E-state index in [0.717, 1.165) is 5.56 Å². The van der Waals surface area contributed by atoms with Crippen LogP contribution in [0.4, 0.5) is 0 Å². The van der Waals surface area contributed by atoms with Crippen molar-refractivity contribution in [3.05, 3.63) is 23.3 Å². The summed E-state index contributed by atoms with van der Waals surface area (Å²) in [6, 6.07) is 3.28. The molecule has 0 aromatic heterocycles. The molecular weight excluding hydrogens is 258 g/mol. The Bertz CT molecular complexity index is 581. The number of ether oxygens (including phenoxy) is 2. The summed E-state index contributed by atoms with van der Waals surface area (Å²) in [5.74, 6) is 1.27. The lowest BCUT2D eigenvalue weighted by atomic mass is 9.97. The number of fused-ring (bicyclic) bond motifs is 2. The molecule has 1 saturated heterocycles. The summed E-state index contributed by atoms with van der Waals surface area (Å²) in [7, 11) is 3.13. The van der Waals surface area contributed by atoms with Crippen molar-refractivity contribution in [2.24, 2.45) is 0 Å². The van der Waals surface area contributed by atoms with Gasteiger partial charge in [0.15, 0.2) is 17.3 Å². The summed E-state index contributed by atoms with van der Waals surface area (Å²) in [5, 5.41) is 0. The van der Waals surface area contributed by atoms with Gasteiger partial charge >= 0.3 is 0 Å². The molecule has 1 amide bonds. The van der Waals surface area contributed by atoms with Crippen molar-refractivity contribution in [2.45, 2.75) is 25.3 Å². The Balaban J connectivity index is 2.07. The molecule has 0 N–H and O–H groups in total. The van der Waals surface area contributed by atoms with Crippen LogP contribution >= 0.6 is 0 Å². The van der Waals surface area contributed by atoms with E-state index in [1.807, 2.05) is 6.07 Å². The Labute approximate surface area is 117 Å². The van der Waals surface area contributed by atoms with E-state index in [1.54, 1.807) is 25.2 Å². The van der Waals surface area contributed by atoms with Gasteiger partial charge in [-0.2, -0.15) is 0 Å². The fraction of sp³-hybridized carbons (Fsp3) is 0.467. The maximum Gasteiger partial charge on any atom is 0.223 e. The van der Waals surface area contributed by atoms with Crippen LogP contribution in [0, 0.1) is 0 Å². The first-order valence-corrected chi connectivity index (χ1v) is 6.74. The second-order valence-electron chi connectivity index (χ2n) is 5.12. The molecule has 5 nitrogen and oxygen atoms in total. The largest absolute Gasteiger partial charge is 0.493 e. The van der Waals surface area contributed by atoms with E-state index in [2.05, 4.69) is 0 Å². The molecule has 0 bridgehead atoms. The molecule has 2 heterocycles. The minimum atomic E-state index is -0.304. The van der Waals surface area contributed by atoms with Gasteiger partial charge in [0.25, 0.3) is 0 Å². The van der Waals surface area contributed by atoms with Crippen LogP contribution in [0.15, 0.2) is 12.1 Å². The third-order valence-corrected chi connectivity index (χ3v) is 4.13. The van der Waals surface area contributed by atoms with Crippen LogP contribution < -0.4 is 9.47 Å². The maximum absolute atomic E-state index is 12.6. The SMILES string of the molecule is COc1cc2c(cc1OC)C(=O)C1CCC(=O)N1CC2. The number of hydrogen-bond donors (Lipinski definition) is 0. The van der Waals surface area contributed by atoms with Gasteiger partial charge in [0.2, 0.25) is 5.91 Å². The van der Waals surface area contributed by atoms with E-state index in [9.17, 15) is 9.59 Å². The van der Waals surface area contributed by atoms with Crippen LogP contribution in [-0.4, -0.2) is 43.4 Å². The van der Waals surface area contributed by atoms with Gasteiger partial charge < -0.3 is 14.4 Å². The Morgan fingerprint density at radius 3 is 2.50 bits per heavy atom. The Morgan fingerprint density at radius 2 is 1.80 bits per heavy atom. The number of methoxy groups -OCH3 is 2. The molecule has 2 aliphatic rings. The van der Waals surface area contributed by atoms with E-state index < -0.39 is 0 Å². The number of carbonyl (C=O) groups is 2. The number of amides is 1. The van der Waals surface area contributed by atoms with Crippen LogP contribution in [-0.2, 0) is 11.2 Å². The molecule has 1 unspecified atom stereocenters. The monoisotopic (exact) mass is 275 g/mol. The normalized spacial score (nSPS) is 21.3. The second-order valence-corrected chi connectivity index (χ2v) is 5.12. The number of benzene rings is 1. The molecule has 1 aromatic rings. The summed E-state index contributed by atoms with van der Waals surface area (Å²) in [6.45, 7) is 0.595. The smallest absolute Gasteiger partial charge is 0.223 e. The molecule has 0 saturated carbocycles. The molecule has 106 valence electrons. The van der Waals surface area contributed by atoms with E-state index >= 15 is 0 Å². The van der Waals surface area contributed by atoms with Crippen molar-refractivity contribution >= 4 is 11.7 Å². The van der Waals surface area contributed by atoms with E-state index in [1.165, 1.54) is 0 Å². The first-order chi connectivity index (χ1) is 9.65. The maximum atomic E-state index is 12.6. The second kappa shape index (κ2) is 4.81. The summed E-state index contributed by atoms with van der Waals surface area (Å²) < 4.78 is 10.5. The average Bonchev–Trinajstić information content (AvgIpc) is 2.77. The van der Waals surface area contributed by atoms with Crippen molar-refractivity contribution in [1.82, 2.24) is 4.90 Å². The van der Waals surface area contributed by atoms with Crippen molar-refractivity contribution in [3.63, 3.8) is 0 Å². The van der Waals surface area contributed by atoms with Gasteiger partial charge in [-0.25, -0.2) is 0 Å². The number of rotatable bonds is 2. The zero-order valence-corrected chi connectivity index (χ0v) is 11.6. The van der Waals surface area contributed by atoms with Crippen LogP contribution in [0.3, 0.4) is 0 Å². The van der Waals surface area contributed by atoms with Crippen LogP contribution in [0.25, 0.3) is 0 Å². The highest BCUT2D eigenvalue weighted by Crippen LogP contribution is 2.35. The van der Waals surface area contributed by atoms with Crippen LogP contribution in [0.1, 0.15) is 28.8 Å². The fourth-order valence-corrected chi connectivity index (χ4v) is 3.06. The highest BCUT2D eigenvalue weighted by atomic mass is 16.5. The molecule has 1 fully saturated rings. The van der Waals surface area contributed by atoms with Crippen molar-refractivity contribution in [1.29, 1.82) is 0 Å². The average molecular weight is 275 g/mol. The first-order valence-electron chi connectivity index (χ1n) is 6.74. The number of Topliss-reactive ketones (excluding diaryl/α,β-unsaturated/α-hetero) is 1. The number of carbonyl (C=O) groups excluding carboxylic acids is 2. The Morgan fingerprint density at radius 1 is 1.10 bits per heavy atom. The van der Waals surface area contributed by atoms with Crippen molar-refractivity contribution < 1.29 is 19.1 Å². The molecule has 0 radical (unpaired) electrons. The summed E-state index contributed by atoms with van der Waals surface area (Å²) >= 11 is 0. The minimum Gasteiger partial charge on any atom is -0.493 e. The van der Waals surface area contributed by atoms with Crippen LogP contribution in [0.2, 0.25) is 0 Å². The molecule has 0 aliphatic carbocycles. The third kappa shape index (κ3) is 1.85. The zero-order valence-electron chi connectivity index (χ0n) is 11.6. The molecule has 1 aromatic carbocycles. The number of hydrogen-bond acceptors (Lipinski definition) is 4. The van der Waals surface area contributed by atoms with E-state index in [0.29, 0.717) is 42.9 Å². The Kier molecular flexibility index (Phi) is 3.12. The molecular formula is C15H17NO4. The standard InChI is InChI=1S/C15H17NO4/c1-19-12-7-9-5-6-16-11(3-4-14(16)17)15(18)10(9)8-13(12)20-2/h7-8,11H,3-6H2,1-2H3. The van der Waals surface area contributed by atoms with Gasteiger partial charge in [0, 0.05) is 18.5 Å². The molecule has 3 rings (SSSR count). The summed E-state index contributed by atoms with van der Waals surface area (Å²) in [6.07, 6.45) is 1.76. The number of nitrogens with zero attached hydrogens (tertiary/aromatic N) is 1. The quantitative estimate of drug-likeness (QED) is 0.819. The molecule has 20 heavy (non-hydrogen) atoms. The zero-order chi connectivity index (χ0) is 14.3. The lowest BCUT2D eigenvalue weighted by Crippen LogP contribution is -2.37. The van der Waals surface area contributed by atoms with Crippen LogP contribution in [0.5, 0.6) is 11.5 Å². The number of ketones is 1. The van der Waals surface area contributed by atoms with E-state index in [-0.39, 0.29) is 17.7 Å². The van der Waals surface area contributed by atoms with Gasteiger partial charge in [0.1, 0.15) is 0 Å². The van der Waals surface area contributed by atoms with Gasteiger partial charge in [-0.05, 0) is 30.5 Å². The lowest BCUT2D eigenvalue weighted by molar-refractivity contribution is -0.128. The van der Waals surface area contributed by atoms with Crippen molar-refractivity contribution in [2.75, 3.05) is 20.8 Å². The van der Waals surface area contributed by atoms with Gasteiger partial charge in [-0.1, -0.05) is 0 Å². The minimum absolute atomic E-state index is 0.0179. The van der Waals surface area contributed by atoms with E-state index in [4.69, 9.17) is 9.47 Å². The van der Waals surface area contributed by atoms with Gasteiger partial charge in [-0.15, -0.1) is 0 Å². The molecule has 5 heteroatoms. The topological polar surface area (TPSA) is 55.8 Å². The van der Waals surface area contributed by atoms with Crippen molar-refractivity contribution in [3.8, 4) is 11.5 Å². The molecule has 0 spiro atoms. The third-order valence-electron chi connectivity index (χ3n) is 4.13. The summed E-state index contributed by atoms with van der Waals surface area (Å²) in [4.78, 5) is 26.2. The predicted octanol–water partition coefficient (Wildman–Crippen LogP) is 1.43. The lowest BCUT2D eigenvalue weighted by Gasteiger charge is -2.20. The first kappa shape index (κ1) is 13.0. The predicted molar refractivity (Wildman–Crippen MR) is 72.3 cm³/mol. The molecule has 1 atom stereocenters.